The van der Waals surface area contributed by atoms with Crippen LogP contribution in [0.2, 0.25) is 0 Å². The summed E-state index contributed by atoms with van der Waals surface area (Å²) in [7, 11) is 0. The molecule has 0 aliphatic rings. The predicted octanol–water partition coefficient (Wildman–Crippen LogP) is 16.2. The zero-order valence-corrected chi connectivity index (χ0v) is 35.7. The van der Waals surface area contributed by atoms with Crippen LogP contribution in [0.5, 0.6) is 0 Å². The van der Waals surface area contributed by atoms with Crippen molar-refractivity contribution in [1.82, 2.24) is 19.9 Å². The highest BCUT2D eigenvalue weighted by Gasteiger charge is 2.16. The Morgan fingerprint density at radius 3 is 1.02 bits per heavy atom. The van der Waals surface area contributed by atoms with Gasteiger partial charge in [0.05, 0.1) is 22.4 Å². The molecule has 2 heterocycles. The minimum Gasteiger partial charge on any atom is -0.228 e. The maximum absolute atomic E-state index is 5.29. The molecule has 0 saturated heterocycles. The highest BCUT2D eigenvalue weighted by Crippen LogP contribution is 2.37. The zero-order valence-electron chi connectivity index (χ0n) is 35.7. The van der Waals surface area contributed by atoms with Gasteiger partial charge in [-0.3, -0.25) is 0 Å². The minimum atomic E-state index is 0.687. The fourth-order valence-corrected chi connectivity index (χ4v) is 9.70. The maximum Gasteiger partial charge on any atom is 0.160 e. The summed E-state index contributed by atoms with van der Waals surface area (Å²) in [6, 6.07) is 81.8. The fraction of sp³-hybridized carbons (Fsp3) is 0. The summed E-state index contributed by atoms with van der Waals surface area (Å²) in [6.07, 6.45) is 0. The van der Waals surface area contributed by atoms with E-state index in [2.05, 4.69) is 218 Å². The van der Waals surface area contributed by atoms with Crippen molar-refractivity contribution in [2.75, 3.05) is 0 Å². The van der Waals surface area contributed by atoms with Crippen molar-refractivity contribution >= 4 is 64.9 Å². The monoisotopic (exact) mass is 838 g/mol. The highest BCUT2D eigenvalue weighted by atomic mass is 14.9. The molecule has 13 rings (SSSR count). The van der Waals surface area contributed by atoms with Crippen LogP contribution in [-0.4, -0.2) is 19.9 Å². The largest absolute Gasteiger partial charge is 0.228 e. The van der Waals surface area contributed by atoms with E-state index in [1.54, 1.807) is 0 Å². The molecule has 0 spiro atoms. The van der Waals surface area contributed by atoms with Crippen molar-refractivity contribution in [2.24, 2.45) is 0 Å². The van der Waals surface area contributed by atoms with Crippen LogP contribution in [0.3, 0.4) is 0 Å². The van der Waals surface area contributed by atoms with Crippen LogP contribution in [0, 0.1) is 0 Å². The second-order valence-electron chi connectivity index (χ2n) is 17.0. The van der Waals surface area contributed by atoms with Gasteiger partial charge < -0.3 is 0 Å². The van der Waals surface area contributed by atoms with E-state index in [9.17, 15) is 0 Å². The van der Waals surface area contributed by atoms with Crippen LogP contribution >= 0.6 is 0 Å². The van der Waals surface area contributed by atoms with Gasteiger partial charge in [-0.1, -0.05) is 194 Å². The molecule has 0 N–H and O–H groups in total. The summed E-state index contributed by atoms with van der Waals surface area (Å²) in [5.41, 5.74) is 12.1. The lowest BCUT2D eigenvalue weighted by Crippen LogP contribution is -1.97. The molecule has 0 bridgehead atoms. The Hall–Kier alpha value is -8.86. The first-order valence-electron chi connectivity index (χ1n) is 22.4. The Morgan fingerprint density at radius 1 is 0.197 bits per heavy atom. The second-order valence-corrected chi connectivity index (χ2v) is 17.0. The fourth-order valence-electron chi connectivity index (χ4n) is 9.70. The summed E-state index contributed by atoms with van der Waals surface area (Å²) >= 11 is 0. The molecule has 0 atom stereocenters. The molecule has 66 heavy (non-hydrogen) atoms. The van der Waals surface area contributed by atoms with Crippen molar-refractivity contribution in [3.8, 4) is 67.5 Å². The van der Waals surface area contributed by atoms with Crippen molar-refractivity contribution in [2.45, 2.75) is 0 Å². The third-order valence-corrected chi connectivity index (χ3v) is 13.0. The highest BCUT2D eigenvalue weighted by molar-refractivity contribution is 6.09. The smallest absolute Gasteiger partial charge is 0.160 e. The van der Waals surface area contributed by atoms with Gasteiger partial charge in [0.1, 0.15) is 0 Å². The normalized spacial score (nSPS) is 11.6. The molecule has 306 valence electrons. The van der Waals surface area contributed by atoms with E-state index in [0.717, 1.165) is 77.7 Å². The van der Waals surface area contributed by atoms with Gasteiger partial charge in [0.15, 0.2) is 11.6 Å². The Balaban J connectivity index is 0.854. The zero-order chi connectivity index (χ0) is 43.6. The molecule has 11 aromatic carbocycles. The quantitative estimate of drug-likeness (QED) is 0.157. The molecule has 0 radical (unpaired) electrons. The van der Waals surface area contributed by atoms with E-state index in [1.165, 1.54) is 43.1 Å². The topological polar surface area (TPSA) is 51.6 Å². The lowest BCUT2D eigenvalue weighted by atomic mass is 9.96. The number of para-hydroxylation sites is 2. The molecular weight excluding hydrogens is 801 g/mol. The number of rotatable bonds is 6. The van der Waals surface area contributed by atoms with Crippen molar-refractivity contribution in [3.63, 3.8) is 0 Å². The number of fused-ring (bicyclic) bond motifs is 8. The molecule has 0 amide bonds. The van der Waals surface area contributed by atoms with E-state index in [1.807, 2.05) is 12.1 Å². The summed E-state index contributed by atoms with van der Waals surface area (Å²) in [5, 5.41) is 12.0. The molecule has 0 unspecified atom stereocenters. The Bertz CT molecular complexity index is 3800. The van der Waals surface area contributed by atoms with Gasteiger partial charge in [-0.2, -0.15) is 0 Å². The summed E-state index contributed by atoms with van der Waals surface area (Å²) in [5.74, 6) is 1.37. The Morgan fingerprint density at radius 2 is 0.545 bits per heavy atom. The van der Waals surface area contributed by atoms with Crippen LogP contribution in [0.25, 0.3) is 132 Å². The summed E-state index contributed by atoms with van der Waals surface area (Å²) < 4.78 is 0. The molecule has 0 fully saturated rings. The van der Waals surface area contributed by atoms with Crippen molar-refractivity contribution in [1.29, 1.82) is 0 Å². The lowest BCUT2D eigenvalue weighted by molar-refractivity contribution is 1.22. The van der Waals surface area contributed by atoms with Gasteiger partial charge in [-0.15, -0.1) is 0 Å². The van der Waals surface area contributed by atoms with Crippen LogP contribution < -0.4 is 0 Å². The third kappa shape index (κ3) is 6.55. The molecule has 0 saturated carbocycles. The van der Waals surface area contributed by atoms with Gasteiger partial charge in [0.25, 0.3) is 0 Å². The van der Waals surface area contributed by atoms with Gasteiger partial charge >= 0.3 is 0 Å². The van der Waals surface area contributed by atoms with Gasteiger partial charge in [0, 0.05) is 33.0 Å². The molecule has 4 heteroatoms. The average Bonchev–Trinajstić information content (AvgIpc) is 3.40. The van der Waals surface area contributed by atoms with Gasteiger partial charge in [0.2, 0.25) is 0 Å². The van der Waals surface area contributed by atoms with Crippen LogP contribution in [0.4, 0.5) is 0 Å². The lowest BCUT2D eigenvalue weighted by Gasteiger charge is -2.13. The van der Waals surface area contributed by atoms with Gasteiger partial charge in [-0.05, 0) is 102 Å². The van der Waals surface area contributed by atoms with E-state index >= 15 is 0 Å². The first-order chi connectivity index (χ1) is 32.7. The maximum atomic E-state index is 5.29. The van der Waals surface area contributed by atoms with E-state index in [0.29, 0.717) is 11.6 Å². The van der Waals surface area contributed by atoms with E-state index in [-0.39, 0.29) is 0 Å². The molecule has 4 nitrogen and oxygen atoms in total. The standard InChI is InChI=1S/C62H38N4/c1-3-17-51-39(11-1)23-29-47-35-45(31-33-53(47)51)43-13-9-15-49(37-43)61-63-57-21-7-5-19-55(57)59(65-61)41-25-27-42(28-26-41)60-56-20-6-8-22-58(56)64-62(66-60)50-16-10-14-44(38-50)46-32-34-54-48(36-46)30-24-40-12-2-4-18-52(40)54/h1-38H. The minimum absolute atomic E-state index is 0.687. The number of hydrogen-bond donors (Lipinski definition) is 0. The van der Waals surface area contributed by atoms with E-state index < -0.39 is 0 Å². The first-order valence-corrected chi connectivity index (χ1v) is 22.4. The third-order valence-electron chi connectivity index (χ3n) is 13.0. The van der Waals surface area contributed by atoms with E-state index in [4.69, 9.17) is 19.9 Å². The van der Waals surface area contributed by atoms with Crippen molar-refractivity contribution < 1.29 is 0 Å². The number of nitrogens with zero attached hydrogens (tertiary/aromatic N) is 4. The predicted molar refractivity (Wildman–Crippen MR) is 275 cm³/mol. The van der Waals surface area contributed by atoms with Crippen LogP contribution in [0.1, 0.15) is 0 Å². The summed E-state index contributed by atoms with van der Waals surface area (Å²) in [4.78, 5) is 20.8. The molecule has 0 aliphatic carbocycles. The number of benzene rings is 11. The van der Waals surface area contributed by atoms with Gasteiger partial charge in [-0.25, -0.2) is 19.9 Å². The second kappa shape index (κ2) is 15.4. The Labute approximate surface area is 381 Å². The number of aromatic nitrogens is 4. The molecule has 13 aromatic rings. The van der Waals surface area contributed by atoms with Crippen LogP contribution in [0.15, 0.2) is 231 Å². The Kier molecular flexibility index (Phi) is 8.81. The first kappa shape index (κ1) is 37.7. The summed E-state index contributed by atoms with van der Waals surface area (Å²) in [6.45, 7) is 0. The molecule has 0 aliphatic heterocycles. The van der Waals surface area contributed by atoms with Crippen molar-refractivity contribution in [3.05, 3.63) is 231 Å². The SMILES string of the molecule is c1cc(-c2ccc3c(ccc4ccccc43)c2)cc(-c2nc(-c3ccc(-c4nc(-c5cccc(-c6ccc7c(ccc8ccccc87)c6)c5)nc5ccccc45)cc3)c3ccccc3n2)c1. The average molecular weight is 839 g/mol. The molecule has 2 aromatic heterocycles. The molecular formula is C62H38N4. The van der Waals surface area contributed by atoms with Crippen LogP contribution in [-0.2, 0) is 0 Å². The number of hydrogen-bond acceptors (Lipinski definition) is 4.